The quantitative estimate of drug-likeness (QED) is 0.534. The van der Waals surface area contributed by atoms with Crippen molar-refractivity contribution in [3.8, 4) is 11.3 Å². The smallest absolute Gasteiger partial charge is 0.249 e. The maximum Gasteiger partial charge on any atom is 0.264 e. The molecular weight excluding hydrogens is 270 g/mol. The Morgan fingerprint density at radius 3 is 2.45 bits per heavy atom. The fourth-order valence-electron chi connectivity index (χ4n) is 2.44. The Morgan fingerprint density at radius 1 is 0.955 bits per heavy atom. The van der Waals surface area contributed by atoms with E-state index in [2.05, 4.69) is 29.1 Å². The zero-order valence-corrected chi connectivity index (χ0v) is 12.8. The third-order valence-corrected chi connectivity index (χ3v) is 3.59. The molecule has 1 aromatic heterocycles. The number of hydrogen-bond acceptors (Lipinski definition) is 2. The molecule has 3 heteroatoms. The number of aryl methyl sites for hydroxylation is 2. The van der Waals surface area contributed by atoms with Gasteiger partial charge in [0, 0.05) is 6.21 Å². The number of benzene rings is 2. The second kappa shape index (κ2) is 6.31. The summed E-state index contributed by atoms with van der Waals surface area (Å²) < 4.78 is 1.88. The summed E-state index contributed by atoms with van der Waals surface area (Å²) in [6.45, 7) is 2.10. The third kappa shape index (κ3) is 2.93. The number of aliphatic imine (C=N–C) groups is 1. The summed E-state index contributed by atoms with van der Waals surface area (Å²) in [6.07, 6.45) is 3.66. The van der Waals surface area contributed by atoms with Gasteiger partial charge in [-0.05, 0) is 35.3 Å². The number of nitrogens with zero attached hydrogens (tertiary/aromatic N) is 3. The van der Waals surface area contributed by atoms with E-state index >= 15 is 0 Å². The van der Waals surface area contributed by atoms with Crippen molar-refractivity contribution in [1.29, 1.82) is 0 Å². The normalized spacial score (nSPS) is 11.0. The summed E-state index contributed by atoms with van der Waals surface area (Å²) in [6, 6.07) is 20.3. The molecule has 0 saturated carbocycles. The first kappa shape index (κ1) is 14.1. The molecule has 0 unspecified atom stereocenters. The highest BCUT2D eigenvalue weighted by Gasteiger charge is 2.18. The van der Waals surface area contributed by atoms with Gasteiger partial charge in [0.15, 0.2) is 7.05 Å². The van der Waals surface area contributed by atoms with Gasteiger partial charge in [-0.15, -0.1) is 0 Å². The van der Waals surface area contributed by atoms with Crippen LogP contribution in [-0.4, -0.2) is 11.3 Å². The van der Waals surface area contributed by atoms with Gasteiger partial charge in [0.1, 0.15) is 5.69 Å². The first-order valence-corrected chi connectivity index (χ1v) is 7.26. The summed E-state index contributed by atoms with van der Waals surface area (Å²) in [7, 11) is 1.95. The Kier molecular flexibility index (Phi) is 4.05. The van der Waals surface area contributed by atoms with Crippen molar-refractivity contribution < 1.29 is 4.68 Å². The molecule has 22 heavy (non-hydrogen) atoms. The fraction of sp³-hybridized carbons (Fsp3) is 0.105. The van der Waals surface area contributed by atoms with E-state index in [1.165, 1.54) is 5.56 Å². The van der Waals surface area contributed by atoms with E-state index in [4.69, 9.17) is 0 Å². The van der Waals surface area contributed by atoms with Crippen LogP contribution in [0.25, 0.3) is 11.3 Å². The fourth-order valence-corrected chi connectivity index (χ4v) is 2.44. The predicted molar refractivity (Wildman–Crippen MR) is 89.3 cm³/mol. The van der Waals surface area contributed by atoms with Crippen LogP contribution in [0.3, 0.4) is 0 Å². The number of hydrogen-bond donors (Lipinski definition) is 0. The Morgan fingerprint density at radius 2 is 1.68 bits per heavy atom. The zero-order chi connectivity index (χ0) is 15.4. The average Bonchev–Trinajstić information content (AvgIpc) is 2.55. The van der Waals surface area contributed by atoms with Crippen LogP contribution in [0.15, 0.2) is 71.9 Å². The van der Waals surface area contributed by atoms with Gasteiger partial charge in [-0.1, -0.05) is 53.2 Å². The number of aromatic nitrogens is 2. The summed E-state index contributed by atoms with van der Waals surface area (Å²) in [5.41, 5.74) is 5.38. The lowest BCUT2D eigenvalue weighted by molar-refractivity contribution is -0.719. The maximum atomic E-state index is 4.67. The molecule has 0 saturated heterocycles. The molecule has 0 amide bonds. The van der Waals surface area contributed by atoms with Crippen LogP contribution in [0.5, 0.6) is 0 Å². The standard InChI is InChI=1S/C19H18N3/c1-15-8-6-7-11-17(15)19-18(12-13-21-22(19)2)20-14-16-9-4-3-5-10-16/h3-14H,1-2H3/q+1. The molecule has 0 aliphatic heterocycles. The van der Waals surface area contributed by atoms with Gasteiger partial charge in [0.25, 0.3) is 5.69 Å². The highest BCUT2D eigenvalue weighted by atomic mass is 15.2. The van der Waals surface area contributed by atoms with Crippen LogP contribution < -0.4 is 4.68 Å². The Bertz CT molecular complexity index is 808. The summed E-state index contributed by atoms with van der Waals surface area (Å²) >= 11 is 0. The minimum absolute atomic E-state index is 0.913. The monoisotopic (exact) mass is 288 g/mol. The number of rotatable bonds is 3. The van der Waals surface area contributed by atoms with Crippen molar-refractivity contribution in [2.75, 3.05) is 0 Å². The van der Waals surface area contributed by atoms with Crippen LogP contribution >= 0.6 is 0 Å². The molecule has 3 nitrogen and oxygen atoms in total. The van der Waals surface area contributed by atoms with E-state index in [9.17, 15) is 0 Å². The molecule has 0 aliphatic carbocycles. The van der Waals surface area contributed by atoms with Crippen molar-refractivity contribution in [3.05, 3.63) is 78.0 Å². The van der Waals surface area contributed by atoms with Crippen LogP contribution in [0.2, 0.25) is 0 Å². The molecule has 2 aromatic carbocycles. The lowest BCUT2D eigenvalue weighted by atomic mass is 10.0. The Hall–Kier alpha value is -2.81. The van der Waals surface area contributed by atoms with Crippen molar-refractivity contribution >= 4 is 11.9 Å². The lowest BCUT2D eigenvalue weighted by Gasteiger charge is -2.05. The van der Waals surface area contributed by atoms with E-state index in [1.54, 1.807) is 6.20 Å². The lowest BCUT2D eigenvalue weighted by Crippen LogP contribution is -2.35. The van der Waals surface area contributed by atoms with Crippen molar-refractivity contribution in [1.82, 2.24) is 5.10 Å². The van der Waals surface area contributed by atoms with Crippen molar-refractivity contribution in [3.63, 3.8) is 0 Å². The molecule has 0 N–H and O–H groups in total. The Labute approximate surface area is 130 Å². The molecule has 0 bridgehead atoms. The van der Waals surface area contributed by atoms with E-state index in [-0.39, 0.29) is 0 Å². The summed E-state index contributed by atoms with van der Waals surface area (Å²) in [5, 5.41) is 4.36. The average molecular weight is 288 g/mol. The third-order valence-electron chi connectivity index (χ3n) is 3.59. The minimum atomic E-state index is 0.913. The van der Waals surface area contributed by atoms with Crippen LogP contribution in [0.1, 0.15) is 11.1 Å². The van der Waals surface area contributed by atoms with E-state index in [1.807, 2.05) is 66.5 Å². The minimum Gasteiger partial charge on any atom is -0.249 e. The van der Waals surface area contributed by atoms with Crippen molar-refractivity contribution in [2.45, 2.75) is 6.92 Å². The largest absolute Gasteiger partial charge is 0.264 e. The molecule has 0 spiro atoms. The second-order valence-corrected chi connectivity index (χ2v) is 5.17. The molecule has 0 atom stereocenters. The highest BCUT2D eigenvalue weighted by Crippen LogP contribution is 2.28. The molecular formula is C19H18N3+. The molecule has 3 rings (SSSR count). The van der Waals surface area contributed by atoms with E-state index in [0.717, 1.165) is 22.5 Å². The van der Waals surface area contributed by atoms with E-state index < -0.39 is 0 Å². The SMILES string of the molecule is Cc1ccccc1-c1c(N=Cc2ccccc2)ccn[n+]1C. The first-order chi connectivity index (χ1) is 10.8. The molecule has 3 aromatic rings. The first-order valence-electron chi connectivity index (χ1n) is 7.26. The van der Waals surface area contributed by atoms with Crippen LogP contribution in [0, 0.1) is 6.92 Å². The van der Waals surface area contributed by atoms with Gasteiger partial charge in [-0.25, -0.2) is 4.99 Å². The molecule has 1 heterocycles. The van der Waals surface area contributed by atoms with Gasteiger partial charge in [-0.3, -0.25) is 0 Å². The van der Waals surface area contributed by atoms with Crippen LogP contribution in [0.4, 0.5) is 5.69 Å². The molecule has 108 valence electrons. The second-order valence-electron chi connectivity index (χ2n) is 5.17. The Balaban J connectivity index is 2.08. The molecule has 0 radical (unpaired) electrons. The maximum absolute atomic E-state index is 4.67. The zero-order valence-electron chi connectivity index (χ0n) is 12.8. The van der Waals surface area contributed by atoms with Crippen LogP contribution in [-0.2, 0) is 7.05 Å². The van der Waals surface area contributed by atoms with Gasteiger partial charge in [0.05, 0.1) is 11.8 Å². The molecule has 0 fully saturated rings. The van der Waals surface area contributed by atoms with Crippen molar-refractivity contribution in [2.24, 2.45) is 12.0 Å². The molecule has 0 aliphatic rings. The van der Waals surface area contributed by atoms with Gasteiger partial charge in [-0.2, -0.15) is 0 Å². The summed E-state index contributed by atoms with van der Waals surface area (Å²) in [5.74, 6) is 0. The van der Waals surface area contributed by atoms with Gasteiger partial charge in [0.2, 0.25) is 0 Å². The topological polar surface area (TPSA) is 29.1 Å². The van der Waals surface area contributed by atoms with Gasteiger partial charge < -0.3 is 0 Å². The highest BCUT2D eigenvalue weighted by molar-refractivity contribution is 5.84. The van der Waals surface area contributed by atoms with E-state index in [0.29, 0.717) is 0 Å². The summed E-state index contributed by atoms with van der Waals surface area (Å²) in [4.78, 5) is 4.67. The van der Waals surface area contributed by atoms with Gasteiger partial charge >= 0.3 is 0 Å². The predicted octanol–water partition coefficient (Wildman–Crippen LogP) is 3.63.